The summed E-state index contributed by atoms with van der Waals surface area (Å²) in [4.78, 5) is 11.7. The molecule has 1 aliphatic carbocycles. The van der Waals surface area contributed by atoms with Crippen molar-refractivity contribution in [2.75, 3.05) is 0 Å². The quantitative estimate of drug-likeness (QED) is 0.365. The molecular formula is C15H13F3O2. The van der Waals surface area contributed by atoms with Crippen molar-refractivity contribution in [1.29, 1.82) is 0 Å². The van der Waals surface area contributed by atoms with E-state index in [2.05, 4.69) is 6.58 Å². The summed E-state index contributed by atoms with van der Waals surface area (Å²) in [7, 11) is 0. The van der Waals surface area contributed by atoms with Gasteiger partial charge in [-0.25, -0.2) is 18.0 Å². The van der Waals surface area contributed by atoms with Crippen LogP contribution in [0.3, 0.4) is 0 Å². The second-order valence-corrected chi connectivity index (χ2v) is 4.75. The zero-order valence-corrected chi connectivity index (χ0v) is 10.9. The summed E-state index contributed by atoms with van der Waals surface area (Å²) in [6.45, 7) is 4.94. The normalized spacial score (nSPS) is 21.0. The number of hydrogen-bond acceptors (Lipinski definition) is 2. The van der Waals surface area contributed by atoms with Crippen molar-refractivity contribution in [1.82, 2.24) is 0 Å². The van der Waals surface area contributed by atoms with E-state index in [4.69, 9.17) is 4.74 Å². The third-order valence-electron chi connectivity index (χ3n) is 3.17. The molecule has 1 aromatic rings. The van der Waals surface area contributed by atoms with Crippen LogP contribution < -0.4 is 0 Å². The average Bonchev–Trinajstić information content (AvgIpc) is 2.85. The monoisotopic (exact) mass is 282 g/mol. The lowest BCUT2D eigenvalue weighted by Crippen LogP contribution is -2.29. The van der Waals surface area contributed by atoms with Gasteiger partial charge >= 0.3 is 5.97 Å². The maximum absolute atomic E-state index is 13.4. The van der Waals surface area contributed by atoms with E-state index < -0.39 is 29.0 Å². The summed E-state index contributed by atoms with van der Waals surface area (Å²) in [6, 6.07) is 1.69. The van der Waals surface area contributed by atoms with Crippen molar-refractivity contribution < 1.29 is 22.7 Å². The number of carbonyl (C=O) groups is 1. The van der Waals surface area contributed by atoms with E-state index in [9.17, 15) is 18.0 Å². The molecule has 1 aromatic carbocycles. The zero-order chi connectivity index (χ0) is 14.9. The summed E-state index contributed by atoms with van der Waals surface area (Å²) in [6.07, 6.45) is 4.23. The zero-order valence-electron chi connectivity index (χ0n) is 10.9. The van der Waals surface area contributed by atoms with Crippen LogP contribution in [0.2, 0.25) is 0 Å². The van der Waals surface area contributed by atoms with Gasteiger partial charge in [-0.05, 0) is 38.0 Å². The van der Waals surface area contributed by atoms with Gasteiger partial charge in [0.2, 0.25) is 0 Å². The molecule has 106 valence electrons. The molecule has 0 aliphatic heterocycles. The molecule has 20 heavy (non-hydrogen) atoms. The Hall–Kier alpha value is -2.04. The van der Waals surface area contributed by atoms with Crippen LogP contribution in [0.1, 0.15) is 25.3 Å². The Morgan fingerprint density at radius 3 is 2.35 bits per heavy atom. The van der Waals surface area contributed by atoms with Gasteiger partial charge in [0, 0.05) is 11.1 Å². The third kappa shape index (κ3) is 2.48. The summed E-state index contributed by atoms with van der Waals surface area (Å²) >= 11 is 0. The van der Waals surface area contributed by atoms with E-state index in [1.54, 1.807) is 12.2 Å². The van der Waals surface area contributed by atoms with E-state index in [1.165, 1.54) is 6.92 Å². The highest BCUT2D eigenvalue weighted by atomic mass is 19.2. The lowest BCUT2D eigenvalue weighted by Gasteiger charge is -2.28. The molecule has 0 spiro atoms. The Bertz CT molecular complexity index is 584. The van der Waals surface area contributed by atoms with Crippen molar-refractivity contribution in [2.45, 2.75) is 25.4 Å². The van der Waals surface area contributed by atoms with Crippen molar-refractivity contribution in [3.05, 3.63) is 59.5 Å². The minimum atomic E-state index is -1.54. The van der Waals surface area contributed by atoms with Gasteiger partial charge < -0.3 is 4.74 Å². The van der Waals surface area contributed by atoms with Gasteiger partial charge in [0.15, 0.2) is 23.1 Å². The van der Waals surface area contributed by atoms with Crippen LogP contribution in [-0.4, -0.2) is 5.97 Å². The smallest absolute Gasteiger partial charge is 0.334 e. The minimum Gasteiger partial charge on any atom is -0.447 e. The van der Waals surface area contributed by atoms with Crippen LogP contribution in [0.25, 0.3) is 0 Å². The van der Waals surface area contributed by atoms with E-state index in [0.717, 1.165) is 12.1 Å². The number of halogens is 3. The fraction of sp³-hybridized carbons (Fsp3) is 0.267. The summed E-state index contributed by atoms with van der Waals surface area (Å²) < 4.78 is 45.1. The molecule has 0 aromatic heterocycles. The second kappa shape index (κ2) is 5.15. The minimum absolute atomic E-state index is 0.0669. The number of benzene rings is 1. The van der Waals surface area contributed by atoms with E-state index in [1.807, 2.05) is 0 Å². The fourth-order valence-corrected chi connectivity index (χ4v) is 2.09. The molecule has 0 radical (unpaired) electrons. The van der Waals surface area contributed by atoms with Crippen LogP contribution in [0.5, 0.6) is 0 Å². The largest absolute Gasteiger partial charge is 0.447 e. The number of carbonyl (C=O) groups excluding carboxylic acids is 1. The average molecular weight is 282 g/mol. The van der Waals surface area contributed by atoms with Crippen LogP contribution in [0.4, 0.5) is 13.2 Å². The molecule has 0 N–H and O–H groups in total. The first kappa shape index (κ1) is 14.4. The molecular weight excluding hydrogens is 269 g/mol. The number of allylic oxidation sites excluding steroid dienone is 1. The van der Waals surface area contributed by atoms with E-state index >= 15 is 0 Å². The number of rotatable bonds is 3. The highest BCUT2D eigenvalue weighted by Crippen LogP contribution is 2.38. The first-order chi connectivity index (χ1) is 9.35. The van der Waals surface area contributed by atoms with Crippen LogP contribution in [0, 0.1) is 17.5 Å². The predicted octanol–water partition coefficient (Wildman–Crippen LogP) is 3.77. The predicted molar refractivity (Wildman–Crippen MR) is 67.3 cm³/mol. The first-order valence-corrected chi connectivity index (χ1v) is 6.07. The van der Waals surface area contributed by atoms with Crippen LogP contribution in [0.15, 0.2) is 36.4 Å². The van der Waals surface area contributed by atoms with Gasteiger partial charge in [-0.2, -0.15) is 0 Å². The Balaban J connectivity index is 2.46. The van der Waals surface area contributed by atoms with Gasteiger partial charge in [0.05, 0.1) is 0 Å². The van der Waals surface area contributed by atoms with Crippen molar-refractivity contribution >= 4 is 5.97 Å². The Labute approximate surface area is 114 Å². The highest BCUT2D eigenvalue weighted by Gasteiger charge is 2.37. The number of ether oxygens (including phenoxy) is 1. The summed E-state index contributed by atoms with van der Waals surface area (Å²) in [5, 5.41) is 0. The molecule has 0 bridgehead atoms. The van der Waals surface area contributed by atoms with E-state index in [0.29, 0.717) is 12.8 Å². The Morgan fingerprint density at radius 2 is 1.90 bits per heavy atom. The fourth-order valence-electron chi connectivity index (χ4n) is 2.09. The molecule has 1 unspecified atom stereocenters. The topological polar surface area (TPSA) is 26.3 Å². The molecule has 0 saturated heterocycles. The highest BCUT2D eigenvalue weighted by molar-refractivity contribution is 5.87. The van der Waals surface area contributed by atoms with Crippen LogP contribution >= 0.6 is 0 Å². The molecule has 0 amide bonds. The van der Waals surface area contributed by atoms with Gasteiger partial charge in [-0.3, -0.25) is 0 Å². The summed E-state index contributed by atoms with van der Waals surface area (Å²) in [5.41, 5.74) is -1.03. The number of hydrogen-bond donors (Lipinski definition) is 0. The maximum atomic E-state index is 13.4. The number of esters is 1. The molecule has 2 nitrogen and oxygen atoms in total. The van der Waals surface area contributed by atoms with E-state index in [-0.39, 0.29) is 11.1 Å². The maximum Gasteiger partial charge on any atom is 0.334 e. The Kier molecular flexibility index (Phi) is 3.70. The summed E-state index contributed by atoms with van der Waals surface area (Å²) in [5.74, 6) is -4.84. The molecule has 1 aliphatic rings. The lowest BCUT2D eigenvalue weighted by molar-refractivity contribution is -0.151. The molecule has 1 atom stereocenters. The first-order valence-electron chi connectivity index (χ1n) is 6.07. The van der Waals surface area contributed by atoms with Crippen molar-refractivity contribution in [3.8, 4) is 0 Å². The van der Waals surface area contributed by atoms with Gasteiger partial charge in [0.25, 0.3) is 0 Å². The van der Waals surface area contributed by atoms with Gasteiger partial charge in [-0.15, -0.1) is 0 Å². The lowest BCUT2D eigenvalue weighted by atomic mass is 9.92. The van der Waals surface area contributed by atoms with Gasteiger partial charge in [-0.1, -0.05) is 12.7 Å². The molecule has 0 fully saturated rings. The Morgan fingerprint density at radius 1 is 1.30 bits per heavy atom. The van der Waals surface area contributed by atoms with Gasteiger partial charge in [0.1, 0.15) is 0 Å². The molecule has 5 heteroatoms. The van der Waals surface area contributed by atoms with Crippen molar-refractivity contribution in [2.24, 2.45) is 0 Å². The SMILES string of the molecule is C=C(C)C(=O)OC1(c2cc(F)c(F)c(F)c2)C=CCC1. The standard InChI is InChI=1S/C15H13F3O2/c1-9(2)14(19)20-15(5-3-4-6-15)10-7-11(16)13(18)12(17)8-10/h3,5,7-8H,1,4,6H2,2H3. The second-order valence-electron chi connectivity index (χ2n) is 4.75. The van der Waals surface area contributed by atoms with Crippen molar-refractivity contribution in [3.63, 3.8) is 0 Å². The molecule has 2 rings (SSSR count). The molecule has 0 saturated carbocycles. The molecule has 0 heterocycles. The third-order valence-corrected chi connectivity index (χ3v) is 3.17. The van der Waals surface area contributed by atoms with Crippen LogP contribution in [-0.2, 0) is 15.1 Å².